The highest BCUT2D eigenvalue weighted by Crippen LogP contribution is 2.20. The Balaban J connectivity index is 2.09. The van der Waals surface area contributed by atoms with Crippen LogP contribution < -0.4 is 15.4 Å². The zero-order valence-electron chi connectivity index (χ0n) is 14.5. The lowest BCUT2D eigenvalue weighted by molar-refractivity contribution is -0.115. The van der Waals surface area contributed by atoms with Crippen LogP contribution in [0.25, 0.3) is 0 Å². The van der Waals surface area contributed by atoms with E-state index in [0.717, 1.165) is 16.9 Å². The fourth-order valence-corrected chi connectivity index (χ4v) is 2.48. The lowest BCUT2D eigenvalue weighted by Gasteiger charge is -2.11. The molecule has 0 bridgehead atoms. The van der Waals surface area contributed by atoms with Crippen LogP contribution in [-0.4, -0.2) is 25.5 Å². The maximum absolute atomic E-state index is 12.3. The number of nitrogens with one attached hydrogen (secondary N) is 2. The van der Waals surface area contributed by atoms with Gasteiger partial charge in [-0.1, -0.05) is 30.3 Å². The van der Waals surface area contributed by atoms with Crippen molar-refractivity contribution in [1.82, 2.24) is 5.32 Å². The number of hydrogen-bond acceptors (Lipinski definition) is 3. The van der Waals surface area contributed by atoms with Crippen molar-refractivity contribution in [2.75, 3.05) is 19.0 Å². The minimum absolute atomic E-state index is 0.187. The summed E-state index contributed by atoms with van der Waals surface area (Å²) in [5.41, 5.74) is 2.75. The Morgan fingerprint density at radius 1 is 1.20 bits per heavy atom. The summed E-state index contributed by atoms with van der Waals surface area (Å²) in [6, 6.07) is 12.5. The highest BCUT2D eigenvalue weighted by Gasteiger charge is 2.13. The summed E-state index contributed by atoms with van der Waals surface area (Å²) in [5.74, 6) is 0.345. The van der Waals surface area contributed by atoms with Crippen molar-refractivity contribution in [3.8, 4) is 5.75 Å². The molecule has 2 aromatic rings. The lowest BCUT2D eigenvalue weighted by Crippen LogP contribution is -2.25. The number of benzene rings is 2. The molecule has 0 spiro atoms. The van der Waals surface area contributed by atoms with E-state index in [0.29, 0.717) is 17.8 Å². The van der Waals surface area contributed by atoms with E-state index >= 15 is 0 Å². The number of methoxy groups -OCH3 is 1. The van der Waals surface area contributed by atoms with Gasteiger partial charge < -0.3 is 15.4 Å². The van der Waals surface area contributed by atoms with Gasteiger partial charge in [0.15, 0.2) is 0 Å². The van der Waals surface area contributed by atoms with Crippen LogP contribution in [0, 0.1) is 6.92 Å². The molecule has 0 aliphatic carbocycles. The van der Waals surface area contributed by atoms with Crippen molar-refractivity contribution >= 4 is 17.5 Å². The fourth-order valence-electron chi connectivity index (χ4n) is 2.48. The van der Waals surface area contributed by atoms with E-state index in [-0.39, 0.29) is 18.2 Å². The first-order valence-electron chi connectivity index (χ1n) is 7.96. The molecule has 0 aromatic heterocycles. The lowest BCUT2D eigenvalue weighted by atomic mass is 10.1. The molecule has 0 fully saturated rings. The molecule has 0 atom stereocenters. The summed E-state index contributed by atoms with van der Waals surface area (Å²) in [5, 5.41) is 5.52. The summed E-state index contributed by atoms with van der Waals surface area (Å²) in [6.07, 6.45) is 1.82. The Hall–Kier alpha value is -3.08. The van der Waals surface area contributed by atoms with Gasteiger partial charge in [-0.3, -0.25) is 9.59 Å². The average molecular weight is 338 g/mol. The second kappa shape index (κ2) is 8.68. The maximum Gasteiger partial charge on any atom is 0.253 e. The number of rotatable bonds is 7. The summed E-state index contributed by atoms with van der Waals surface area (Å²) in [6.45, 7) is 5.87. The third kappa shape index (κ3) is 4.94. The third-order valence-electron chi connectivity index (χ3n) is 3.68. The zero-order valence-corrected chi connectivity index (χ0v) is 14.5. The van der Waals surface area contributed by atoms with E-state index in [1.165, 1.54) is 0 Å². The summed E-state index contributed by atoms with van der Waals surface area (Å²) in [7, 11) is 1.61. The standard InChI is InChI=1S/C20H22N2O3/c1-4-11-21-20(24)16-7-5-6-8-17(16)22-19(23)13-15-9-10-18(25-3)14(2)12-15/h4-10,12H,1,11,13H2,2-3H3,(H,21,24)(H,22,23). The van der Waals surface area contributed by atoms with Crippen molar-refractivity contribution in [2.24, 2.45) is 0 Å². The van der Waals surface area contributed by atoms with E-state index in [1.807, 2.05) is 25.1 Å². The molecule has 5 nitrogen and oxygen atoms in total. The van der Waals surface area contributed by atoms with Crippen LogP contribution in [-0.2, 0) is 11.2 Å². The number of para-hydroxylation sites is 1. The van der Waals surface area contributed by atoms with E-state index in [1.54, 1.807) is 37.5 Å². The third-order valence-corrected chi connectivity index (χ3v) is 3.68. The number of hydrogen-bond donors (Lipinski definition) is 2. The Morgan fingerprint density at radius 2 is 1.96 bits per heavy atom. The highest BCUT2D eigenvalue weighted by molar-refractivity contribution is 6.04. The van der Waals surface area contributed by atoms with Crippen LogP contribution in [0.4, 0.5) is 5.69 Å². The molecule has 2 amide bonds. The summed E-state index contributed by atoms with van der Waals surface area (Å²) < 4.78 is 5.22. The number of anilines is 1. The summed E-state index contributed by atoms with van der Waals surface area (Å²) in [4.78, 5) is 24.5. The van der Waals surface area contributed by atoms with Gasteiger partial charge in [-0.05, 0) is 36.2 Å². The maximum atomic E-state index is 12.3. The van der Waals surface area contributed by atoms with Gasteiger partial charge in [-0.25, -0.2) is 0 Å². The Morgan fingerprint density at radius 3 is 2.64 bits per heavy atom. The van der Waals surface area contributed by atoms with Crippen LogP contribution in [0.1, 0.15) is 21.5 Å². The smallest absolute Gasteiger partial charge is 0.253 e. The van der Waals surface area contributed by atoms with Gasteiger partial charge >= 0.3 is 0 Å². The molecule has 2 N–H and O–H groups in total. The first-order valence-corrected chi connectivity index (χ1v) is 7.96. The SMILES string of the molecule is C=CCNC(=O)c1ccccc1NC(=O)Cc1ccc(OC)c(C)c1. The summed E-state index contributed by atoms with van der Waals surface area (Å²) >= 11 is 0. The molecule has 130 valence electrons. The van der Waals surface area contributed by atoms with Gasteiger partial charge in [-0.2, -0.15) is 0 Å². The van der Waals surface area contributed by atoms with E-state index in [2.05, 4.69) is 17.2 Å². The molecular formula is C20H22N2O3. The van der Waals surface area contributed by atoms with Crippen molar-refractivity contribution in [3.63, 3.8) is 0 Å². The predicted octanol–water partition coefficient (Wildman–Crippen LogP) is 3.10. The number of carbonyl (C=O) groups excluding carboxylic acids is 2. The number of aryl methyl sites for hydroxylation is 1. The molecule has 2 rings (SSSR count). The number of carbonyl (C=O) groups is 2. The number of ether oxygens (including phenoxy) is 1. The molecule has 0 aliphatic heterocycles. The molecule has 5 heteroatoms. The largest absolute Gasteiger partial charge is 0.496 e. The van der Waals surface area contributed by atoms with Gasteiger partial charge in [-0.15, -0.1) is 6.58 Å². The second-order valence-electron chi connectivity index (χ2n) is 5.57. The van der Waals surface area contributed by atoms with Crippen LogP contribution in [0.15, 0.2) is 55.1 Å². The topological polar surface area (TPSA) is 67.4 Å². The highest BCUT2D eigenvalue weighted by atomic mass is 16.5. The quantitative estimate of drug-likeness (QED) is 0.762. The Kier molecular flexibility index (Phi) is 6.34. The molecule has 0 saturated carbocycles. The minimum atomic E-state index is -0.254. The monoisotopic (exact) mass is 338 g/mol. The zero-order chi connectivity index (χ0) is 18.2. The average Bonchev–Trinajstić information content (AvgIpc) is 2.60. The molecule has 0 heterocycles. The van der Waals surface area contributed by atoms with Gasteiger partial charge in [0.2, 0.25) is 5.91 Å². The Bertz CT molecular complexity index is 784. The number of amides is 2. The van der Waals surface area contributed by atoms with Crippen LogP contribution >= 0.6 is 0 Å². The van der Waals surface area contributed by atoms with Crippen LogP contribution in [0.5, 0.6) is 5.75 Å². The van der Waals surface area contributed by atoms with E-state index in [9.17, 15) is 9.59 Å². The first-order chi connectivity index (χ1) is 12.0. The molecule has 0 radical (unpaired) electrons. The predicted molar refractivity (Wildman–Crippen MR) is 99.0 cm³/mol. The van der Waals surface area contributed by atoms with E-state index in [4.69, 9.17) is 4.74 Å². The van der Waals surface area contributed by atoms with Gasteiger partial charge in [0.05, 0.1) is 24.8 Å². The molecule has 0 aliphatic rings. The van der Waals surface area contributed by atoms with Gasteiger partial charge in [0.1, 0.15) is 5.75 Å². The van der Waals surface area contributed by atoms with Gasteiger partial charge in [0.25, 0.3) is 5.91 Å². The molecule has 25 heavy (non-hydrogen) atoms. The van der Waals surface area contributed by atoms with Crippen molar-refractivity contribution < 1.29 is 14.3 Å². The normalized spacial score (nSPS) is 10.0. The second-order valence-corrected chi connectivity index (χ2v) is 5.57. The molecule has 0 saturated heterocycles. The van der Waals surface area contributed by atoms with Crippen molar-refractivity contribution in [3.05, 3.63) is 71.8 Å². The van der Waals surface area contributed by atoms with Crippen LogP contribution in [0.3, 0.4) is 0 Å². The molecule has 2 aromatic carbocycles. The fraction of sp³-hybridized carbons (Fsp3) is 0.200. The molecule has 0 unspecified atom stereocenters. The van der Waals surface area contributed by atoms with Crippen molar-refractivity contribution in [2.45, 2.75) is 13.3 Å². The first kappa shape index (κ1) is 18.3. The van der Waals surface area contributed by atoms with E-state index < -0.39 is 0 Å². The minimum Gasteiger partial charge on any atom is -0.496 e. The van der Waals surface area contributed by atoms with Gasteiger partial charge in [0, 0.05) is 6.54 Å². The Labute approximate surface area is 147 Å². The van der Waals surface area contributed by atoms with Crippen molar-refractivity contribution in [1.29, 1.82) is 0 Å². The molecular weight excluding hydrogens is 316 g/mol. The van der Waals surface area contributed by atoms with Crippen LogP contribution in [0.2, 0.25) is 0 Å².